The van der Waals surface area contributed by atoms with Gasteiger partial charge in [-0.15, -0.1) is 0 Å². The Labute approximate surface area is 178 Å². The number of para-hydroxylation sites is 1. The molecule has 0 fully saturated rings. The van der Waals surface area contributed by atoms with Crippen LogP contribution in [0.3, 0.4) is 0 Å². The van der Waals surface area contributed by atoms with Crippen molar-refractivity contribution in [2.45, 2.75) is 31.3 Å². The van der Waals surface area contributed by atoms with Gasteiger partial charge < -0.3 is 24.9 Å². The molecule has 0 saturated heterocycles. The molecule has 0 bridgehead atoms. The summed E-state index contributed by atoms with van der Waals surface area (Å²) < 4.78 is 17.6. The molecule has 0 aliphatic carbocycles. The van der Waals surface area contributed by atoms with Gasteiger partial charge in [-0.05, 0) is 30.5 Å². The van der Waals surface area contributed by atoms with Crippen LogP contribution in [0.15, 0.2) is 60.7 Å². The summed E-state index contributed by atoms with van der Waals surface area (Å²) in [5.74, 6) is -3.41. The molecule has 0 heterocycles. The molecule has 31 heavy (non-hydrogen) atoms. The zero-order valence-corrected chi connectivity index (χ0v) is 17.3. The lowest BCUT2D eigenvalue weighted by Gasteiger charge is -2.23. The summed E-state index contributed by atoms with van der Waals surface area (Å²) in [6.45, 7) is 0. The van der Waals surface area contributed by atoms with Gasteiger partial charge >= 0.3 is 19.7 Å². The molecule has 3 atom stereocenters. The summed E-state index contributed by atoms with van der Waals surface area (Å²) in [6.07, 6.45) is -0.851. The van der Waals surface area contributed by atoms with Crippen molar-refractivity contribution in [3.8, 4) is 5.75 Å². The summed E-state index contributed by atoms with van der Waals surface area (Å²) >= 11 is 0. The van der Waals surface area contributed by atoms with Gasteiger partial charge in [0.25, 0.3) is 0 Å². The van der Waals surface area contributed by atoms with E-state index in [1.807, 2.05) is 0 Å². The third kappa shape index (κ3) is 8.59. The Bertz CT molecular complexity index is 939. The Morgan fingerprint density at radius 3 is 2.06 bits per heavy atom. The van der Waals surface area contributed by atoms with E-state index < -0.39 is 44.1 Å². The van der Waals surface area contributed by atoms with E-state index in [1.165, 1.54) is 12.1 Å². The highest BCUT2D eigenvalue weighted by molar-refractivity contribution is 7.51. The summed E-state index contributed by atoms with van der Waals surface area (Å²) in [5.41, 5.74) is 0.646. The van der Waals surface area contributed by atoms with Gasteiger partial charge in [-0.3, -0.25) is 9.59 Å². The molecule has 1 amide bonds. The number of rotatable bonds is 12. The van der Waals surface area contributed by atoms with Crippen LogP contribution in [0.1, 0.15) is 18.4 Å². The average Bonchev–Trinajstić information content (AvgIpc) is 2.71. The zero-order valence-electron chi connectivity index (χ0n) is 16.4. The van der Waals surface area contributed by atoms with Gasteiger partial charge in [0.1, 0.15) is 17.8 Å². The fraction of sp³-hybridized carbons (Fsp3) is 0.250. The molecule has 2 rings (SSSR count). The first-order valence-corrected chi connectivity index (χ1v) is 10.9. The second-order valence-electron chi connectivity index (χ2n) is 6.63. The van der Waals surface area contributed by atoms with Crippen LogP contribution in [0, 0.1) is 0 Å². The Kier molecular flexibility index (Phi) is 8.75. The van der Waals surface area contributed by atoms with Crippen molar-refractivity contribution in [2.75, 3.05) is 0 Å². The van der Waals surface area contributed by atoms with E-state index in [4.69, 9.17) is 9.63 Å². The van der Waals surface area contributed by atoms with Crippen molar-refractivity contribution in [3.05, 3.63) is 66.2 Å². The number of hydrogen-bond donors (Lipinski definition) is 5. The van der Waals surface area contributed by atoms with Gasteiger partial charge in [0, 0.05) is 6.42 Å². The quantitative estimate of drug-likeness (QED) is 0.304. The monoisotopic (exact) mass is 450 g/mol. The van der Waals surface area contributed by atoms with Gasteiger partial charge in [0.15, 0.2) is 0 Å². The van der Waals surface area contributed by atoms with Gasteiger partial charge in [-0.2, -0.15) is 5.09 Å². The van der Waals surface area contributed by atoms with Crippen LogP contribution in [0.4, 0.5) is 0 Å². The first kappa shape index (κ1) is 24.1. The molecular weight excluding hydrogens is 427 g/mol. The number of benzene rings is 2. The van der Waals surface area contributed by atoms with Crippen LogP contribution < -0.4 is 14.9 Å². The second-order valence-corrected chi connectivity index (χ2v) is 8.11. The van der Waals surface area contributed by atoms with Crippen LogP contribution in [0.2, 0.25) is 0 Å². The first-order valence-electron chi connectivity index (χ1n) is 9.30. The lowest BCUT2D eigenvalue weighted by molar-refractivity contribution is -0.143. The minimum absolute atomic E-state index is 0.0410. The molecule has 0 aliphatic heterocycles. The largest absolute Gasteiger partial charge is 0.481 e. The van der Waals surface area contributed by atoms with Crippen molar-refractivity contribution >= 4 is 25.6 Å². The highest BCUT2D eigenvalue weighted by Crippen LogP contribution is 2.39. The fourth-order valence-electron chi connectivity index (χ4n) is 2.69. The SMILES string of the molecule is O=C(O)CC[C@H](NC(=O)[C@H](Cc1ccccc1)NP(=O)(O)Oc1ccccc1)C(=O)O. The summed E-state index contributed by atoms with van der Waals surface area (Å²) in [6, 6.07) is 13.6. The van der Waals surface area contributed by atoms with Crippen molar-refractivity contribution in [3.63, 3.8) is 0 Å². The standard InChI is InChI=1S/C20H23N2O8P/c23-18(24)12-11-16(20(26)27)21-19(25)17(13-14-7-3-1-4-8-14)22-31(28,29)30-15-9-5-2-6-10-15/h1-10,16-17H,11-13H2,(H,21,25)(H,23,24)(H,26,27)(H2,22,28,29)/t16-,17-/m0/s1. The molecule has 0 radical (unpaired) electrons. The second kappa shape index (κ2) is 11.3. The highest BCUT2D eigenvalue weighted by atomic mass is 31.2. The van der Waals surface area contributed by atoms with Gasteiger partial charge in [-0.25, -0.2) is 9.36 Å². The molecule has 1 unspecified atom stereocenters. The molecule has 5 N–H and O–H groups in total. The first-order chi connectivity index (χ1) is 14.7. The van der Waals surface area contributed by atoms with E-state index in [-0.39, 0.29) is 18.6 Å². The predicted octanol–water partition coefficient (Wildman–Crippen LogP) is 1.80. The van der Waals surface area contributed by atoms with Crippen molar-refractivity contribution in [1.82, 2.24) is 10.4 Å². The maximum atomic E-state index is 12.8. The van der Waals surface area contributed by atoms with Crippen molar-refractivity contribution in [1.29, 1.82) is 0 Å². The van der Waals surface area contributed by atoms with Gasteiger partial charge in [0.2, 0.25) is 5.91 Å². The van der Waals surface area contributed by atoms with E-state index in [2.05, 4.69) is 10.4 Å². The number of hydrogen-bond acceptors (Lipinski definition) is 5. The maximum Gasteiger partial charge on any atom is 0.456 e. The highest BCUT2D eigenvalue weighted by Gasteiger charge is 2.32. The third-order valence-corrected chi connectivity index (χ3v) is 5.25. The normalized spacial score (nSPS) is 14.6. The van der Waals surface area contributed by atoms with Crippen LogP contribution in [-0.2, 0) is 25.4 Å². The minimum Gasteiger partial charge on any atom is -0.481 e. The molecule has 0 spiro atoms. The summed E-state index contributed by atoms with van der Waals surface area (Å²) in [7, 11) is -4.51. The molecule has 166 valence electrons. The number of carboxylic acids is 2. The topological polar surface area (TPSA) is 162 Å². The van der Waals surface area contributed by atoms with Crippen molar-refractivity contribution < 1.29 is 38.6 Å². The van der Waals surface area contributed by atoms with Crippen LogP contribution in [-0.4, -0.2) is 45.0 Å². The Morgan fingerprint density at radius 2 is 1.52 bits per heavy atom. The molecule has 2 aromatic rings. The Morgan fingerprint density at radius 1 is 0.935 bits per heavy atom. The molecule has 0 aliphatic rings. The van der Waals surface area contributed by atoms with E-state index >= 15 is 0 Å². The maximum absolute atomic E-state index is 12.8. The molecule has 2 aromatic carbocycles. The number of aliphatic carboxylic acids is 2. The van der Waals surface area contributed by atoms with E-state index in [1.54, 1.807) is 48.5 Å². The van der Waals surface area contributed by atoms with Gasteiger partial charge in [0.05, 0.1) is 0 Å². The Balaban J connectivity index is 2.18. The molecule has 10 nitrogen and oxygen atoms in total. The summed E-state index contributed by atoms with van der Waals surface area (Å²) in [4.78, 5) is 45.1. The lowest BCUT2D eigenvalue weighted by Crippen LogP contribution is -2.50. The number of amides is 1. The van der Waals surface area contributed by atoms with Gasteiger partial charge in [-0.1, -0.05) is 48.5 Å². The third-order valence-electron chi connectivity index (χ3n) is 4.15. The van der Waals surface area contributed by atoms with E-state index in [0.717, 1.165) is 0 Å². The Hall–Kier alpha value is -3.20. The van der Waals surface area contributed by atoms with Crippen LogP contribution in [0.25, 0.3) is 0 Å². The van der Waals surface area contributed by atoms with E-state index in [0.29, 0.717) is 5.56 Å². The van der Waals surface area contributed by atoms with E-state index in [9.17, 15) is 28.9 Å². The molecular formula is C20H23N2O8P. The number of carboxylic acid groups (broad SMARTS) is 2. The van der Waals surface area contributed by atoms with Crippen LogP contribution in [0.5, 0.6) is 5.75 Å². The molecule has 0 saturated carbocycles. The minimum atomic E-state index is -4.51. The smallest absolute Gasteiger partial charge is 0.456 e. The lowest BCUT2D eigenvalue weighted by atomic mass is 10.1. The predicted molar refractivity (Wildman–Crippen MR) is 110 cm³/mol. The molecule has 0 aromatic heterocycles. The number of carbonyl (C=O) groups is 3. The zero-order chi connectivity index (χ0) is 22.9. The van der Waals surface area contributed by atoms with Crippen LogP contribution >= 0.6 is 7.75 Å². The number of nitrogens with one attached hydrogen (secondary N) is 2. The van der Waals surface area contributed by atoms with Crippen molar-refractivity contribution in [2.24, 2.45) is 0 Å². The average molecular weight is 450 g/mol. The fourth-order valence-corrected chi connectivity index (χ4v) is 3.75. The summed E-state index contributed by atoms with van der Waals surface area (Å²) in [5, 5.41) is 22.5. The number of carbonyl (C=O) groups excluding carboxylic acids is 1. The molecule has 11 heteroatoms.